The summed E-state index contributed by atoms with van der Waals surface area (Å²) in [6, 6.07) is 9.93. The van der Waals surface area contributed by atoms with E-state index in [1.807, 2.05) is 30.3 Å². The normalized spacial score (nSPS) is 12.8. The van der Waals surface area contributed by atoms with Gasteiger partial charge in [0.15, 0.2) is 0 Å². The van der Waals surface area contributed by atoms with Gasteiger partial charge in [0.1, 0.15) is 0 Å². The SMILES string of the molecule is OC[C@@H](O)CNCc1ccccc1. The second-order valence-electron chi connectivity index (χ2n) is 2.95. The van der Waals surface area contributed by atoms with Gasteiger partial charge in [-0.3, -0.25) is 0 Å². The Bertz CT molecular complexity index is 226. The molecule has 0 unspecified atom stereocenters. The van der Waals surface area contributed by atoms with Crippen LogP contribution in [0.3, 0.4) is 0 Å². The van der Waals surface area contributed by atoms with E-state index in [1.165, 1.54) is 5.56 Å². The van der Waals surface area contributed by atoms with Crippen molar-refractivity contribution in [2.45, 2.75) is 12.6 Å². The monoisotopic (exact) mass is 181 g/mol. The van der Waals surface area contributed by atoms with E-state index in [-0.39, 0.29) is 6.61 Å². The maximum Gasteiger partial charge on any atom is 0.0895 e. The molecule has 0 radical (unpaired) electrons. The van der Waals surface area contributed by atoms with Crippen LogP contribution in [-0.2, 0) is 6.54 Å². The van der Waals surface area contributed by atoms with Crippen molar-refractivity contribution in [3.63, 3.8) is 0 Å². The van der Waals surface area contributed by atoms with Gasteiger partial charge in [0, 0.05) is 13.1 Å². The molecule has 72 valence electrons. The van der Waals surface area contributed by atoms with Crippen molar-refractivity contribution in [1.29, 1.82) is 0 Å². The number of aliphatic hydroxyl groups is 2. The van der Waals surface area contributed by atoms with Crippen LogP contribution < -0.4 is 5.32 Å². The number of hydrogen-bond donors (Lipinski definition) is 3. The minimum Gasteiger partial charge on any atom is -0.394 e. The number of hydrogen-bond acceptors (Lipinski definition) is 3. The molecular weight excluding hydrogens is 166 g/mol. The van der Waals surface area contributed by atoms with Crippen LogP contribution in [0.15, 0.2) is 30.3 Å². The Morgan fingerprint density at radius 1 is 1.23 bits per heavy atom. The molecule has 1 atom stereocenters. The molecular formula is C10H15NO2. The van der Waals surface area contributed by atoms with Crippen LogP contribution in [-0.4, -0.2) is 29.5 Å². The zero-order valence-electron chi connectivity index (χ0n) is 7.48. The van der Waals surface area contributed by atoms with E-state index >= 15 is 0 Å². The van der Waals surface area contributed by atoms with Crippen LogP contribution in [0.5, 0.6) is 0 Å². The Kier molecular flexibility index (Phi) is 4.46. The van der Waals surface area contributed by atoms with Gasteiger partial charge >= 0.3 is 0 Å². The Balaban J connectivity index is 2.20. The van der Waals surface area contributed by atoms with E-state index in [4.69, 9.17) is 10.2 Å². The molecule has 3 heteroatoms. The molecule has 0 bridgehead atoms. The van der Waals surface area contributed by atoms with Crippen LogP contribution in [0, 0.1) is 0 Å². The van der Waals surface area contributed by atoms with Gasteiger partial charge in [-0.15, -0.1) is 0 Å². The maximum absolute atomic E-state index is 9.02. The highest BCUT2D eigenvalue weighted by Crippen LogP contribution is 1.96. The molecule has 3 nitrogen and oxygen atoms in total. The molecule has 0 saturated carbocycles. The largest absolute Gasteiger partial charge is 0.394 e. The van der Waals surface area contributed by atoms with Crippen molar-refractivity contribution < 1.29 is 10.2 Å². The van der Waals surface area contributed by atoms with E-state index in [9.17, 15) is 0 Å². The summed E-state index contributed by atoms with van der Waals surface area (Å²) in [5.74, 6) is 0. The van der Waals surface area contributed by atoms with Gasteiger partial charge in [-0.05, 0) is 5.56 Å². The fourth-order valence-electron chi connectivity index (χ4n) is 1.04. The van der Waals surface area contributed by atoms with Gasteiger partial charge in [0.2, 0.25) is 0 Å². The van der Waals surface area contributed by atoms with E-state index in [0.29, 0.717) is 6.54 Å². The van der Waals surface area contributed by atoms with Crippen LogP contribution >= 0.6 is 0 Å². The van der Waals surface area contributed by atoms with Crippen molar-refractivity contribution in [1.82, 2.24) is 5.32 Å². The van der Waals surface area contributed by atoms with Crippen molar-refractivity contribution in [3.8, 4) is 0 Å². The van der Waals surface area contributed by atoms with Crippen molar-refractivity contribution in [2.75, 3.05) is 13.2 Å². The predicted octanol–water partition coefficient (Wildman–Crippen LogP) is 0.129. The van der Waals surface area contributed by atoms with Gasteiger partial charge < -0.3 is 15.5 Å². The molecule has 0 aliphatic carbocycles. The number of nitrogens with one attached hydrogen (secondary N) is 1. The highest BCUT2D eigenvalue weighted by atomic mass is 16.3. The molecule has 0 spiro atoms. The van der Waals surface area contributed by atoms with E-state index in [2.05, 4.69) is 5.32 Å². The molecule has 0 heterocycles. The highest BCUT2D eigenvalue weighted by molar-refractivity contribution is 5.14. The molecule has 0 amide bonds. The molecule has 1 rings (SSSR count). The summed E-state index contributed by atoms with van der Waals surface area (Å²) in [6.45, 7) is 0.949. The standard InChI is InChI=1S/C10H15NO2/c12-8-10(13)7-11-6-9-4-2-1-3-5-9/h1-5,10-13H,6-8H2/t10-/m0/s1. The maximum atomic E-state index is 9.02. The van der Waals surface area contributed by atoms with Gasteiger partial charge in [0.25, 0.3) is 0 Å². The summed E-state index contributed by atoms with van der Waals surface area (Å²) in [6.07, 6.45) is -0.663. The first-order valence-corrected chi connectivity index (χ1v) is 4.36. The first-order valence-electron chi connectivity index (χ1n) is 4.36. The molecule has 0 aromatic heterocycles. The molecule has 0 fully saturated rings. The van der Waals surface area contributed by atoms with Gasteiger partial charge in [-0.25, -0.2) is 0 Å². The first kappa shape index (κ1) is 10.2. The van der Waals surface area contributed by atoms with Crippen molar-refractivity contribution in [2.24, 2.45) is 0 Å². The fourth-order valence-corrected chi connectivity index (χ4v) is 1.04. The molecule has 3 N–H and O–H groups in total. The van der Waals surface area contributed by atoms with Crippen molar-refractivity contribution in [3.05, 3.63) is 35.9 Å². The van der Waals surface area contributed by atoms with Crippen LogP contribution in [0.25, 0.3) is 0 Å². The third-order valence-corrected chi connectivity index (χ3v) is 1.76. The van der Waals surface area contributed by atoms with E-state index in [1.54, 1.807) is 0 Å². The Labute approximate surface area is 78.0 Å². The average molecular weight is 181 g/mol. The average Bonchev–Trinajstić information content (AvgIpc) is 2.19. The lowest BCUT2D eigenvalue weighted by Crippen LogP contribution is -2.28. The predicted molar refractivity (Wildman–Crippen MR) is 51.2 cm³/mol. The minimum atomic E-state index is -0.663. The Hall–Kier alpha value is -0.900. The summed E-state index contributed by atoms with van der Waals surface area (Å²) >= 11 is 0. The molecule has 0 aliphatic rings. The topological polar surface area (TPSA) is 52.5 Å². The summed E-state index contributed by atoms with van der Waals surface area (Å²) in [4.78, 5) is 0. The third-order valence-electron chi connectivity index (χ3n) is 1.76. The Morgan fingerprint density at radius 2 is 1.92 bits per heavy atom. The van der Waals surface area contributed by atoms with Crippen molar-refractivity contribution >= 4 is 0 Å². The molecule has 0 aliphatic heterocycles. The lowest BCUT2D eigenvalue weighted by Gasteiger charge is -2.08. The second-order valence-corrected chi connectivity index (χ2v) is 2.95. The minimum absolute atomic E-state index is 0.193. The fraction of sp³-hybridized carbons (Fsp3) is 0.400. The van der Waals surface area contributed by atoms with Gasteiger partial charge in [-0.2, -0.15) is 0 Å². The summed E-state index contributed by atoms with van der Waals surface area (Å²) in [7, 11) is 0. The number of aliphatic hydroxyl groups excluding tert-OH is 2. The highest BCUT2D eigenvalue weighted by Gasteiger charge is 1.99. The second kappa shape index (κ2) is 5.70. The molecule has 1 aromatic rings. The first-order chi connectivity index (χ1) is 6.33. The zero-order valence-corrected chi connectivity index (χ0v) is 7.48. The molecule has 1 aromatic carbocycles. The van der Waals surface area contributed by atoms with Gasteiger partial charge in [-0.1, -0.05) is 30.3 Å². The summed E-state index contributed by atoms with van der Waals surface area (Å²) < 4.78 is 0. The van der Waals surface area contributed by atoms with Crippen LogP contribution in [0.4, 0.5) is 0 Å². The smallest absolute Gasteiger partial charge is 0.0895 e. The molecule has 0 saturated heterocycles. The van der Waals surface area contributed by atoms with E-state index < -0.39 is 6.10 Å². The lowest BCUT2D eigenvalue weighted by molar-refractivity contribution is 0.0942. The lowest BCUT2D eigenvalue weighted by atomic mass is 10.2. The van der Waals surface area contributed by atoms with Crippen LogP contribution in [0.1, 0.15) is 5.56 Å². The third kappa shape index (κ3) is 4.03. The van der Waals surface area contributed by atoms with E-state index in [0.717, 1.165) is 6.54 Å². The molecule has 13 heavy (non-hydrogen) atoms. The quantitative estimate of drug-likeness (QED) is 0.605. The summed E-state index contributed by atoms with van der Waals surface area (Å²) in [5, 5.41) is 20.6. The number of benzene rings is 1. The Morgan fingerprint density at radius 3 is 2.54 bits per heavy atom. The van der Waals surface area contributed by atoms with Crippen LogP contribution in [0.2, 0.25) is 0 Å². The summed E-state index contributed by atoms with van der Waals surface area (Å²) in [5.41, 5.74) is 1.17. The zero-order chi connectivity index (χ0) is 9.52. The van der Waals surface area contributed by atoms with Gasteiger partial charge in [0.05, 0.1) is 12.7 Å². The number of rotatable bonds is 5.